The van der Waals surface area contributed by atoms with E-state index in [4.69, 9.17) is 0 Å². The number of hydrogen-bond acceptors (Lipinski definition) is 1. The average Bonchev–Trinajstić information content (AvgIpc) is 2.16. The zero-order valence-corrected chi connectivity index (χ0v) is 18.2. The molecule has 2 aliphatic rings. The van der Waals surface area contributed by atoms with Crippen molar-refractivity contribution in [1.82, 2.24) is 4.90 Å². The first-order valence-corrected chi connectivity index (χ1v) is 7.65. The minimum atomic E-state index is 0. The van der Waals surface area contributed by atoms with Crippen LogP contribution in [0.3, 0.4) is 0 Å². The summed E-state index contributed by atoms with van der Waals surface area (Å²) >= 11 is 0. The molecule has 2 rings (SSSR count). The Morgan fingerprint density at radius 3 is 1.95 bits per heavy atom. The predicted molar refractivity (Wildman–Crippen MR) is 77.5 cm³/mol. The summed E-state index contributed by atoms with van der Waals surface area (Å²) in [5, 5.41) is 0. The standard InChI is InChI=1S/C15H33N3.2HI/c1-17(2,3)11-7-10-16-12-14-8-6-9-15(13-16)18(14,4)5;;/h14-15H,6-13H2,1-5H3;2*1H/q+2;;/p-2. The lowest BCUT2D eigenvalue weighted by Crippen LogP contribution is -3.00. The molecule has 0 amide bonds. The van der Waals surface area contributed by atoms with Crippen molar-refractivity contribution in [3.63, 3.8) is 0 Å². The lowest BCUT2D eigenvalue weighted by molar-refractivity contribution is -0.948. The largest absolute Gasteiger partial charge is 1.00 e. The summed E-state index contributed by atoms with van der Waals surface area (Å²) in [6.07, 6.45) is 5.69. The summed E-state index contributed by atoms with van der Waals surface area (Å²) in [6, 6.07) is 1.78. The number of halogens is 2. The first-order valence-electron chi connectivity index (χ1n) is 7.65. The summed E-state index contributed by atoms with van der Waals surface area (Å²) in [4.78, 5) is 2.74. The van der Waals surface area contributed by atoms with E-state index in [0.717, 1.165) is 16.6 Å². The van der Waals surface area contributed by atoms with Crippen LogP contribution in [0.15, 0.2) is 0 Å². The van der Waals surface area contributed by atoms with Gasteiger partial charge in [-0.2, -0.15) is 0 Å². The highest BCUT2D eigenvalue weighted by Gasteiger charge is 2.45. The smallest absolute Gasteiger partial charge is 0.102 e. The van der Waals surface area contributed by atoms with Crippen molar-refractivity contribution in [3.05, 3.63) is 0 Å². The Balaban J connectivity index is 0.00000180. The van der Waals surface area contributed by atoms with Crippen LogP contribution >= 0.6 is 0 Å². The molecule has 0 spiro atoms. The molecule has 2 heterocycles. The number of likely N-dealkylation sites (N-methyl/N-ethyl adjacent to an activating group) is 1. The van der Waals surface area contributed by atoms with Crippen LogP contribution in [0.1, 0.15) is 25.7 Å². The second-order valence-corrected chi connectivity index (χ2v) is 7.99. The Morgan fingerprint density at radius 2 is 1.50 bits per heavy atom. The maximum Gasteiger partial charge on any atom is 0.102 e. The monoisotopic (exact) mass is 509 g/mol. The molecule has 0 aromatic rings. The van der Waals surface area contributed by atoms with Crippen molar-refractivity contribution < 1.29 is 56.9 Å². The molecule has 0 saturated carbocycles. The van der Waals surface area contributed by atoms with Crippen LogP contribution < -0.4 is 48.0 Å². The Kier molecular flexibility index (Phi) is 8.82. The Labute approximate surface area is 160 Å². The van der Waals surface area contributed by atoms with E-state index in [9.17, 15) is 0 Å². The fourth-order valence-corrected chi connectivity index (χ4v) is 3.78. The van der Waals surface area contributed by atoms with Gasteiger partial charge in [0.15, 0.2) is 0 Å². The molecule has 3 nitrogen and oxygen atoms in total. The molecule has 2 unspecified atom stereocenters. The lowest BCUT2D eigenvalue weighted by atomic mass is 9.89. The van der Waals surface area contributed by atoms with Crippen LogP contribution in [0.4, 0.5) is 0 Å². The molecular formula is C15H33I2N3. The molecular weight excluding hydrogens is 476 g/mol. The topological polar surface area (TPSA) is 3.24 Å². The maximum absolute atomic E-state index is 2.74. The number of piperidine rings is 1. The predicted octanol–water partition coefficient (Wildman–Crippen LogP) is -4.60. The summed E-state index contributed by atoms with van der Waals surface area (Å²) in [6.45, 7) is 5.27. The highest BCUT2D eigenvalue weighted by atomic mass is 127. The number of nitrogens with zero attached hydrogens (tertiary/aromatic N) is 3. The molecule has 20 heavy (non-hydrogen) atoms. The number of fused-ring (bicyclic) bond motifs is 2. The Hall–Kier alpha value is 1.34. The van der Waals surface area contributed by atoms with Gasteiger partial charge in [-0.1, -0.05) is 0 Å². The van der Waals surface area contributed by atoms with Crippen molar-refractivity contribution >= 4 is 0 Å². The average molecular weight is 509 g/mol. The van der Waals surface area contributed by atoms with Gasteiger partial charge >= 0.3 is 0 Å². The van der Waals surface area contributed by atoms with Gasteiger partial charge in [-0.15, -0.1) is 0 Å². The van der Waals surface area contributed by atoms with Gasteiger partial charge in [0.05, 0.1) is 54.9 Å². The summed E-state index contributed by atoms with van der Waals surface area (Å²) in [7, 11) is 11.8. The Bertz CT molecular complexity index is 273. The van der Waals surface area contributed by atoms with E-state index in [0.29, 0.717) is 0 Å². The summed E-state index contributed by atoms with van der Waals surface area (Å²) in [5.74, 6) is 0. The van der Waals surface area contributed by atoms with Crippen LogP contribution in [-0.4, -0.2) is 87.4 Å². The minimum absolute atomic E-state index is 0. The van der Waals surface area contributed by atoms with Gasteiger partial charge in [0.2, 0.25) is 0 Å². The van der Waals surface area contributed by atoms with Crippen molar-refractivity contribution in [3.8, 4) is 0 Å². The highest BCUT2D eigenvalue weighted by Crippen LogP contribution is 2.32. The van der Waals surface area contributed by atoms with E-state index < -0.39 is 0 Å². The van der Waals surface area contributed by atoms with Crippen molar-refractivity contribution in [2.24, 2.45) is 0 Å². The van der Waals surface area contributed by atoms with E-state index in [-0.39, 0.29) is 48.0 Å². The van der Waals surface area contributed by atoms with E-state index >= 15 is 0 Å². The third-order valence-electron chi connectivity index (χ3n) is 5.20. The van der Waals surface area contributed by atoms with Gasteiger partial charge in [-0.05, 0) is 6.42 Å². The van der Waals surface area contributed by atoms with Gasteiger partial charge in [-0.3, -0.25) is 4.90 Å². The van der Waals surface area contributed by atoms with Crippen molar-refractivity contribution in [1.29, 1.82) is 0 Å². The molecule has 2 saturated heterocycles. The molecule has 0 aromatic heterocycles. The highest BCUT2D eigenvalue weighted by molar-refractivity contribution is 4.82. The molecule has 0 aliphatic carbocycles. The second-order valence-electron chi connectivity index (χ2n) is 7.99. The first kappa shape index (κ1) is 21.3. The van der Waals surface area contributed by atoms with Crippen molar-refractivity contribution in [2.75, 3.05) is 61.4 Å². The molecule has 0 radical (unpaired) electrons. The van der Waals surface area contributed by atoms with Crippen LogP contribution in [0.2, 0.25) is 0 Å². The molecule has 122 valence electrons. The van der Waals surface area contributed by atoms with Crippen LogP contribution in [0.5, 0.6) is 0 Å². The summed E-state index contributed by atoms with van der Waals surface area (Å²) in [5.41, 5.74) is 0. The van der Waals surface area contributed by atoms with E-state index in [1.165, 1.54) is 56.3 Å². The van der Waals surface area contributed by atoms with Crippen LogP contribution in [0, 0.1) is 0 Å². The van der Waals surface area contributed by atoms with Gasteiger partial charge in [0.1, 0.15) is 12.1 Å². The zero-order valence-electron chi connectivity index (χ0n) is 13.9. The quantitative estimate of drug-likeness (QED) is 0.273. The molecule has 2 aliphatic heterocycles. The molecule has 2 fully saturated rings. The first-order chi connectivity index (χ1) is 8.29. The number of likely N-dealkylation sites (tertiary alicyclic amines) is 1. The SMILES string of the molecule is C[N+](C)(C)CCCN1CC2CCCC(C1)[N+]2(C)C.[I-].[I-]. The molecule has 2 atom stereocenters. The molecule has 2 bridgehead atoms. The maximum atomic E-state index is 2.74. The van der Waals surface area contributed by atoms with Gasteiger partial charge in [0, 0.05) is 25.8 Å². The molecule has 0 aromatic carbocycles. The van der Waals surface area contributed by atoms with E-state index in [1.807, 2.05) is 0 Å². The number of piperazine rings is 1. The summed E-state index contributed by atoms with van der Waals surface area (Å²) < 4.78 is 2.38. The number of hydrogen-bond donors (Lipinski definition) is 0. The van der Waals surface area contributed by atoms with E-state index in [1.54, 1.807) is 0 Å². The number of rotatable bonds is 4. The van der Waals surface area contributed by atoms with Gasteiger partial charge in [-0.25, -0.2) is 0 Å². The fraction of sp³-hybridized carbons (Fsp3) is 1.00. The normalized spacial score (nSPS) is 29.2. The third kappa shape index (κ3) is 5.52. The minimum Gasteiger partial charge on any atom is -1.00 e. The lowest BCUT2D eigenvalue weighted by Gasteiger charge is -2.54. The fourth-order valence-electron chi connectivity index (χ4n) is 3.78. The van der Waals surface area contributed by atoms with Gasteiger partial charge < -0.3 is 56.9 Å². The van der Waals surface area contributed by atoms with E-state index in [2.05, 4.69) is 40.1 Å². The van der Waals surface area contributed by atoms with Gasteiger partial charge in [0.25, 0.3) is 0 Å². The molecule has 0 N–H and O–H groups in total. The van der Waals surface area contributed by atoms with Crippen LogP contribution in [0.25, 0.3) is 0 Å². The van der Waals surface area contributed by atoms with Crippen LogP contribution in [-0.2, 0) is 0 Å². The van der Waals surface area contributed by atoms with Crippen molar-refractivity contribution in [2.45, 2.75) is 37.8 Å². The molecule has 5 heteroatoms. The zero-order chi connectivity index (χ0) is 13.4. The number of quaternary nitrogens is 2. The second kappa shape index (κ2) is 8.26. The third-order valence-corrected chi connectivity index (χ3v) is 5.20. The Morgan fingerprint density at radius 1 is 1.00 bits per heavy atom.